The van der Waals surface area contributed by atoms with Crippen LogP contribution in [0.3, 0.4) is 0 Å². The number of methoxy groups -OCH3 is 1. The Balaban J connectivity index is 2.54. The Bertz CT molecular complexity index is 902. The van der Waals surface area contributed by atoms with Gasteiger partial charge in [0.2, 0.25) is 11.7 Å². The third-order valence-electron chi connectivity index (χ3n) is 3.62. The molecule has 1 N–H and O–H groups in total. The molecule has 108 valence electrons. The minimum atomic E-state index is -1.18. The standard InChI is InChI=1S/C14H13N3O3S/c1-5-6(2)8-9-10(21-13(8)15-7(5)3)12(20-4)17-11(16-9)14(18)19/h1-4H3,(H,18,19). The second-order valence-electron chi connectivity index (χ2n) is 4.77. The quantitative estimate of drug-likeness (QED) is 0.783. The Morgan fingerprint density at radius 2 is 1.86 bits per heavy atom. The van der Waals surface area contributed by atoms with Crippen LogP contribution in [0.2, 0.25) is 0 Å². The number of hydrogen-bond acceptors (Lipinski definition) is 6. The molecule has 0 saturated carbocycles. The Kier molecular flexibility index (Phi) is 3.02. The number of rotatable bonds is 2. The van der Waals surface area contributed by atoms with E-state index in [4.69, 9.17) is 9.84 Å². The zero-order chi connectivity index (χ0) is 15.3. The van der Waals surface area contributed by atoms with Crippen LogP contribution >= 0.6 is 11.3 Å². The predicted molar refractivity (Wildman–Crippen MR) is 80.4 cm³/mol. The lowest BCUT2D eigenvalue weighted by Gasteiger charge is -2.05. The van der Waals surface area contributed by atoms with Gasteiger partial charge in [-0.2, -0.15) is 4.98 Å². The van der Waals surface area contributed by atoms with Crippen LogP contribution < -0.4 is 4.74 Å². The Hall–Kier alpha value is -2.28. The molecular weight excluding hydrogens is 290 g/mol. The van der Waals surface area contributed by atoms with E-state index in [0.717, 1.165) is 31.7 Å². The molecule has 0 aromatic carbocycles. The zero-order valence-electron chi connectivity index (χ0n) is 12.0. The summed E-state index contributed by atoms with van der Waals surface area (Å²) in [6.45, 7) is 5.95. The highest BCUT2D eigenvalue weighted by atomic mass is 32.1. The van der Waals surface area contributed by atoms with Gasteiger partial charge in [-0.15, -0.1) is 11.3 Å². The molecule has 6 nitrogen and oxygen atoms in total. The molecule has 0 atom stereocenters. The fourth-order valence-corrected chi connectivity index (χ4v) is 3.47. The fraction of sp³-hybridized carbons (Fsp3) is 0.286. The first kappa shape index (κ1) is 13.7. The number of ether oxygens (including phenoxy) is 1. The van der Waals surface area contributed by atoms with E-state index in [0.29, 0.717) is 5.52 Å². The Morgan fingerprint density at radius 3 is 2.48 bits per heavy atom. The van der Waals surface area contributed by atoms with Crippen molar-refractivity contribution in [3.8, 4) is 5.88 Å². The predicted octanol–water partition coefficient (Wildman–Crippen LogP) is 2.87. The maximum absolute atomic E-state index is 11.2. The van der Waals surface area contributed by atoms with Crippen molar-refractivity contribution < 1.29 is 14.6 Å². The van der Waals surface area contributed by atoms with E-state index in [1.54, 1.807) is 0 Å². The van der Waals surface area contributed by atoms with Gasteiger partial charge in [0, 0.05) is 11.1 Å². The van der Waals surface area contributed by atoms with Crippen LogP contribution in [0.25, 0.3) is 20.4 Å². The average molecular weight is 303 g/mol. The van der Waals surface area contributed by atoms with Crippen LogP contribution in [0.15, 0.2) is 0 Å². The smallest absolute Gasteiger partial charge is 0.374 e. The molecule has 0 aliphatic heterocycles. The van der Waals surface area contributed by atoms with Gasteiger partial charge in [0.25, 0.3) is 0 Å². The summed E-state index contributed by atoms with van der Waals surface area (Å²) in [7, 11) is 1.47. The molecule has 3 aromatic heterocycles. The molecule has 0 aliphatic carbocycles. The van der Waals surface area contributed by atoms with E-state index < -0.39 is 5.97 Å². The van der Waals surface area contributed by atoms with Gasteiger partial charge in [0.1, 0.15) is 9.53 Å². The summed E-state index contributed by atoms with van der Waals surface area (Å²) < 4.78 is 5.94. The average Bonchev–Trinajstić information content (AvgIpc) is 2.81. The maximum atomic E-state index is 11.2. The van der Waals surface area contributed by atoms with E-state index in [-0.39, 0.29) is 11.7 Å². The van der Waals surface area contributed by atoms with Crippen molar-refractivity contribution in [2.45, 2.75) is 20.8 Å². The topological polar surface area (TPSA) is 85.2 Å². The fourth-order valence-electron chi connectivity index (χ4n) is 2.29. The van der Waals surface area contributed by atoms with E-state index >= 15 is 0 Å². The highest BCUT2D eigenvalue weighted by Crippen LogP contribution is 2.39. The first-order valence-corrected chi connectivity index (χ1v) is 7.11. The molecule has 3 aromatic rings. The lowest BCUT2D eigenvalue weighted by Crippen LogP contribution is -2.05. The number of carboxylic acid groups (broad SMARTS) is 1. The molecule has 3 rings (SSSR count). The van der Waals surface area contributed by atoms with Crippen LogP contribution in [0.4, 0.5) is 0 Å². The van der Waals surface area contributed by atoms with E-state index in [9.17, 15) is 4.79 Å². The van der Waals surface area contributed by atoms with Gasteiger partial charge in [0.15, 0.2) is 0 Å². The van der Waals surface area contributed by atoms with E-state index in [1.165, 1.54) is 18.4 Å². The second kappa shape index (κ2) is 4.63. The molecule has 0 aliphatic rings. The summed E-state index contributed by atoms with van der Waals surface area (Å²) >= 11 is 1.42. The van der Waals surface area contributed by atoms with Crippen molar-refractivity contribution >= 4 is 37.7 Å². The van der Waals surface area contributed by atoms with Crippen LogP contribution in [0.5, 0.6) is 5.88 Å². The molecule has 3 heterocycles. The van der Waals surface area contributed by atoms with Crippen LogP contribution in [-0.2, 0) is 0 Å². The highest BCUT2D eigenvalue weighted by Gasteiger charge is 2.20. The number of carbonyl (C=O) groups is 1. The molecule has 0 unspecified atom stereocenters. The summed E-state index contributed by atoms with van der Waals surface area (Å²) in [5, 5.41) is 10.0. The first-order valence-electron chi connectivity index (χ1n) is 6.29. The number of aromatic carboxylic acids is 1. The Labute approximate surface area is 124 Å². The van der Waals surface area contributed by atoms with Crippen molar-refractivity contribution in [2.24, 2.45) is 0 Å². The zero-order valence-corrected chi connectivity index (χ0v) is 12.8. The molecule has 0 bridgehead atoms. The third-order valence-corrected chi connectivity index (χ3v) is 4.68. The number of pyridine rings is 1. The van der Waals surface area contributed by atoms with Gasteiger partial charge in [-0.25, -0.2) is 14.8 Å². The molecule has 0 saturated heterocycles. The number of aryl methyl sites for hydroxylation is 2. The van der Waals surface area contributed by atoms with E-state index in [2.05, 4.69) is 15.0 Å². The lowest BCUT2D eigenvalue weighted by molar-refractivity contribution is 0.0683. The summed E-state index contributed by atoms with van der Waals surface area (Å²) in [5.41, 5.74) is 3.68. The monoisotopic (exact) mass is 303 g/mol. The van der Waals surface area contributed by atoms with Crippen molar-refractivity contribution in [3.05, 3.63) is 22.6 Å². The molecule has 0 fully saturated rings. The number of fused-ring (bicyclic) bond motifs is 3. The SMILES string of the molecule is COc1nc(C(=O)O)nc2c1sc1nc(C)c(C)c(C)c12. The maximum Gasteiger partial charge on any atom is 0.374 e. The summed E-state index contributed by atoms with van der Waals surface area (Å²) in [6, 6.07) is 0. The van der Waals surface area contributed by atoms with Gasteiger partial charge >= 0.3 is 5.97 Å². The van der Waals surface area contributed by atoms with Crippen LogP contribution in [-0.4, -0.2) is 33.1 Å². The molecule has 7 heteroatoms. The van der Waals surface area contributed by atoms with Crippen LogP contribution in [0, 0.1) is 20.8 Å². The lowest BCUT2D eigenvalue weighted by atomic mass is 10.1. The van der Waals surface area contributed by atoms with Crippen molar-refractivity contribution in [1.82, 2.24) is 15.0 Å². The van der Waals surface area contributed by atoms with Crippen molar-refractivity contribution in [1.29, 1.82) is 0 Å². The van der Waals surface area contributed by atoms with Gasteiger partial charge in [-0.3, -0.25) is 0 Å². The summed E-state index contributed by atoms with van der Waals surface area (Å²) in [4.78, 5) is 24.7. The Morgan fingerprint density at radius 1 is 1.14 bits per heavy atom. The summed E-state index contributed by atoms with van der Waals surface area (Å²) in [5.74, 6) is -1.17. The minimum absolute atomic E-state index is 0.267. The number of hydrogen-bond donors (Lipinski definition) is 1. The number of nitrogens with zero attached hydrogens (tertiary/aromatic N) is 3. The largest absolute Gasteiger partial charge is 0.480 e. The number of aromatic nitrogens is 3. The van der Waals surface area contributed by atoms with Crippen molar-refractivity contribution in [2.75, 3.05) is 7.11 Å². The van der Waals surface area contributed by atoms with Gasteiger partial charge < -0.3 is 9.84 Å². The molecule has 0 spiro atoms. The molecule has 0 radical (unpaired) electrons. The van der Waals surface area contributed by atoms with Gasteiger partial charge in [-0.1, -0.05) is 0 Å². The molecule has 21 heavy (non-hydrogen) atoms. The minimum Gasteiger partial charge on any atom is -0.480 e. The number of thiophene rings is 1. The summed E-state index contributed by atoms with van der Waals surface area (Å²) in [6.07, 6.45) is 0. The van der Waals surface area contributed by atoms with E-state index in [1.807, 2.05) is 20.8 Å². The second-order valence-corrected chi connectivity index (χ2v) is 5.77. The van der Waals surface area contributed by atoms with Crippen LogP contribution in [0.1, 0.15) is 27.4 Å². The molecule has 0 amide bonds. The first-order chi connectivity index (χ1) is 9.93. The molecular formula is C14H13N3O3S. The highest BCUT2D eigenvalue weighted by molar-refractivity contribution is 7.25. The van der Waals surface area contributed by atoms with Gasteiger partial charge in [0.05, 0.1) is 12.6 Å². The van der Waals surface area contributed by atoms with Crippen molar-refractivity contribution in [3.63, 3.8) is 0 Å². The number of carboxylic acids is 1. The normalized spacial score (nSPS) is 11.2. The van der Waals surface area contributed by atoms with Gasteiger partial charge in [-0.05, 0) is 31.9 Å². The third kappa shape index (κ3) is 1.92.